The fraction of sp³-hybridized carbons (Fsp3) is 0.222. The van der Waals surface area contributed by atoms with E-state index in [1.54, 1.807) is 0 Å². The second kappa shape index (κ2) is 3.63. The van der Waals surface area contributed by atoms with E-state index in [0.29, 0.717) is 6.54 Å². The van der Waals surface area contributed by atoms with Gasteiger partial charge in [0.05, 0.1) is 0 Å². The molecule has 0 radical (unpaired) electrons. The molecule has 2 N–H and O–H groups in total. The molecule has 12 heavy (non-hydrogen) atoms. The van der Waals surface area contributed by atoms with Gasteiger partial charge in [0, 0.05) is 23.7 Å². The van der Waals surface area contributed by atoms with Crippen LogP contribution in [-0.4, -0.2) is 17.6 Å². The second-order valence-corrected chi connectivity index (χ2v) is 2.42. The number of aliphatic carboxylic acids is 1. The Kier molecular flexibility index (Phi) is 2.54. The van der Waals surface area contributed by atoms with Crippen molar-refractivity contribution in [2.45, 2.75) is 6.92 Å². The molecule has 0 unspecified atom stereocenters. The number of dihydropyridines is 1. The van der Waals surface area contributed by atoms with Gasteiger partial charge in [-0.2, -0.15) is 0 Å². The zero-order valence-corrected chi connectivity index (χ0v) is 6.72. The Bertz CT molecular complexity index is 315. The Morgan fingerprint density at radius 3 is 3.08 bits per heavy atom. The van der Waals surface area contributed by atoms with Crippen LogP contribution in [0.5, 0.6) is 0 Å². The van der Waals surface area contributed by atoms with Crippen molar-refractivity contribution < 1.29 is 9.90 Å². The van der Waals surface area contributed by atoms with E-state index >= 15 is 0 Å². The normalized spacial score (nSPS) is 14.8. The molecule has 0 aromatic rings. The molecule has 0 saturated heterocycles. The lowest BCUT2D eigenvalue weighted by Gasteiger charge is -2.08. The van der Waals surface area contributed by atoms with Crippen molar-refractivity contribution >= 4 is 5.97 Å². The summed E-state index contributed by atoms with van der Waals surface area (Å²) in [4.78, 5) is 10.1. The minimum atomic E-state index is -1.10. The summed E-state index contributed by atoms with van der Waals surface area (Å²) in [5.41, 5.74) is 1.76. The molecule has 3 heteroatoms. The molecule has 0 saturated carbocycles. The summed E-state index contributed by atoms with van der Waals surface area (Å²) in [5.74, 6) is 3.51. The monoisotopic (exact) mass is 163 g/mol. The van der Waals surface area contributed by atoms with Gasteiger partial charge in [-0.25, -0.2) is 4.79 Å². The Morgan fingerprint density at radius 1 is 1.75 bits per heavy atom. The fourth-order valence-electron chi connectivity index (χ4n) is 0.878. The van der Waals surface area contributed by atoms with Crippen molar-refractivity contribution in [2.24, 2.45) is 0 Å². The predicted octanol–water partition coefficient (Wildman–Crippen LogP) is 0.508. The molecule has 0 spiro atoms. The van der Waals surface area contributed by atoms with Crippen LogP contribution >= 0.6 is 0 Å². The van der Waals surface area contributed by atoms with Crippen LogP contribution in [-0.2, 0) is 4.79 Å². The molecule has 3 nitrogen and oxygen atoms in total. The van der Waals surface area contributed by atoms with Crippen LogP contribution in [0.1, 0.15) is 6.92 Å². The SMILES string of the molecule is CC1=CC(C#CC(=O)O)=CCN1. The number of hydrogen-bond acceptors (Lipinski definition) is 2. The van der Waals surface area contributed by atoms with Crippen molar-refractivity contribution in [3.05, 3.63) is 23.4 Å². The molecule has 0 bridgehead atoms. The van der Waals surface area contributed by atoms with E-state index in [9.17, 15) is 4.79 Å². The molecule has 1 aliphatic heterocycles. The zero-order valence-electron chi connectivity index (χ0n) is 6.72. The lowest BCUT2D eigenvalue weighted by molar-refractivity contribution is -0.130. The molecule has 1 heterocycles. The van der Waals surface area contributed by atoms with Gasteiger partial charge in [-0.05, 0) is 19.1 Å². The van der Waals surface area contributed by atoms with Gasteiger partial charge in [0.1, 0.15) is 0 Å². The highest BCUT2D eigenvalue weighted by Gasteiger charge is 1.96. The zero-order chi connectivity index (χ0) is 8.97. The molecule has 1 rings (SSSR count). The topological polar surface area (TPSA) is 49.3 Å². The summed E-state index contributed by atoms with van der Waals surface area (Å²) in [6.07, 6.45) is 3.67. The molecular formula is C9H9NO2. The molecule has 62 valence electrons. The van der Waals surface area contributed by atoms with Gasteiger partial charge in [-0.1, -0.05) is 5.92 Å². The van der Waals surface area contributed by atoms with Crippen LogP contribution in [0.4, 0.5) is 0 Å². The van der Waals surface area contributed by atoms with Gasteiger partial charge in [0.2, 0.25) is 0 Å². The smallest absolute Gasteiger partial charge is 0.382 e. The van der Waals surface area contributed by atoms with Crippen LogP contribution in [0.3, 0.4) is 0 Å². The Hall–Kier alpha value is -1.69. The third-order valence-electron chi connectivity index (χ3n) is 1.39. The maximum absolute atomic E-state index is 10.1. The van der Waals surface area contributed by atoms with Crippen molar-refractivity contribution in [1.82, 2.24) is 5.32 Å². The van der Waals surface area contributed by atoms with E-state index in [-0.39, 0.29) is 0 Å². The summed E-state index contributed by atoms with van der Waals surface area (Å²) in [6.45, 7) is 2.63. The molecular weight excluding hydrogens is 154 g/mol. The first-order valence-corrected chi connectivity index (χ1v) is 3.56. The van der Waals surface area contributed by atoms with Gasteiger partial charge in [-0.15, -0.1) is 0 Å². The first-order valence-electron chi connectivity index (χ1n) is 3.56. The lowest BCUT2D eigenvalue weighted by Crippen LogP contribution is -2.14. The number of carboxylic acid groups (broad SMARTS) is 1. The standard InChI is InChI=1S/C9H9NO2/c1-7-6-8(4-5-10-7)2-3-9(11)12/h4,6,10H,5H2,1H3,(H,11,12). The highest BCUT2D eigenvalue weighted by molar-refractivity contribution is 5.87. The Balaban J connectivity index is 2.73. The predicted molar refractivity (Wildman–Crippen MR) is 45.3 cm³/mol. The number of carboxylic acids is 1. The number of rotatable bonds is 0. The average Bonchev–Trinajstić information content (AvgIpc) is 2.01. The van der Waals surface area contributed by atoms with E-state index < -0.39 is 5.97 Å². The van der Waals surface area contributed by atoms with E-state index in [0.717, 1.165) is 11.3 Å². The quantitative estimate of drug-likeness (QED) is 0.511. The molecule has 1 aliphatic rings. The molecule has 0 aliphatic carbocycles. The summed E-state index contributed by atoms with van der Waals surface area (Å²) in [7, 11) is 0. The lowest BCUT2D eigenvalue weighted by atomic mass is 10.1. The van der Waals surface area contributed by atoms with Gasteiger partial charge in [-0.3, -0.25) is 0 Å². The minimum absolute atomic E-state index is 0.714. The van der Waals surface area contributed by atoms with Crippen molar-refractivity contribution in [2.75, 3.05) is 6.54 Å². The summed E-state index contributed by atoms with van der Waals surface area (Å²) < 4.78 is 0. The van der Waals surface area contributed by atoms with E-state index in [1.165, 1.54) is 0 Å². The van der Waals surface area contributed by atoms with Gasteiger partial charge >= 0.3 is 5.97 Å². The molecule has 0 fully saturated rings. The Labute approximate surface area is 70.8 Å². The average molecular weight is 163 g/mol. The first kappa shape index (κ1) is 8.41. The third kappa shape index (κ3) is 2.51. The maximum Gasteiger partial charge on any atom is 0.382 e. The Morgan fingerprint density at radius 2 is 2.50 bits per heavy atom. The van der Waals surface area contributed by atoms with Crippen molar-refractivity contribution in [3.63, 3.8) is 0 Å². The minimum Gasteiger partial charge on any atom is -0.472 e. The van der Waals surface area contributed by atoms with E-state index in [1.807, 2.05) is 19.1 Å². The van der Waals surface area contributed by atoms with Crippen molar-refractivity contribution in [3.8, 4) is 11.8 Å². The van der Waals surface area contributed by atoms with Gasteiger partial charge < -0.3 is 10.4 Å². The highest BCUT2D eigenvalue weighted by Crippen LogP contribution is 2.03. The number of hydrogen-bond donors (Lipinski definition) is 2. The van der Waals surface area contributed by atoms with Crippen LogP contribution < -0.4 is 5.32 Å². The van der Waals surface area contributed by atoms with Crippen LogP contribution in [0, 0.1) is 11.8 Å². The van der Waals surface area contributed by atoms with Crippen LogP contribution in [0.25, 0.3) is 0 Å². The fourth-order valence-corrected chi connectivity index (χ4v) is 0.878. The molecule has 0 atom stereocenters. The molecule has 0 aromatic heterocycles. The summed E-state index contributed by atoms with van der Waals surface area (Å²) in [5, 5.41) is 11.3. The first-order chi connectivity index (χ1) is 5.68. The third-order valence-corrected chi connectivity index (χ3v) is 1.39. The summed E-state index contributed by atoms with van der Waals surface area (Å²) >= 11 is 0. The van der Waals surface area contributed by atoms with E-state index in [2.05, 4.69) is 17.2 Å². The van der Waals surface area contributed by atoms with E-state index in [4.69, 9.17) is 5.11 Å². The number of nitrogens with one attached hydrogen (secondary N) is 1. The summed E-state index contributed by atoms with van der Waals surface area (Å²) in [6, 6.07) is 0. The number of carbonyl (C=O) groups is 1. The number of allylic oxidation sites excluding steroid dienone is 3. The van der Waals surface area contributed by atoms with Crippen LogP contribution in [0.15, 0.2) is 23.4 Å². The molecule has 0 aromatic carbocycles. The van der Waals surface area contributed by atoms with Gasteiger partial charge in [0.15, 0.2) is 0 Å². The second-order valence-electron chi connectivity index (χ2n) is 2.42. The molecule has 0 amide bonds. The highest BCUT2D eigenvalue weighted by atomic mass is 16.4. The largest absolute Gasteiger partial charge is 0.472 e. The van der Waals surface area contributed by atoms with Gasteiger partial charge in [0.25, 0.3) is 0 Å². The van der Waals surface area contributed by atoms with Crippen LogP contribution in [0.2, 0.25) is 0 Å². The van der Waals surface area contributed by atoms with Crippen molar-refractivity contribution in [1.29, 1.82) is 0 Å². The maximum atomic E-state index is 10.1.